The largest absolute Gasteiger partial charge is 0.471 e. The summed E-state index contributed by atoms with van der Waals surface area (Å²) in [5, 5.41) is 1.66. The summed E-state index contributed by atoms with van der Waals surface area (Å²) in [6.45, 7) is 0. The maximum absolute atomic E-state index is 12.2. The number of alkyl halides is 3. The molecule has 0 unspecified atom stereocenters. The first-order chi connectivity index (χ1) is 8.30. The Kier molecular flexibility index (Phi) is 3.35. The third-order valence-corrected chi connectivity index (χ3v) is 3.05. The van der Waals surface area contributed by atoms with Crippen LogP contribution in [0.1, 0.15) is 0 Å². The highest BCUT2D eigenvalue weighted by molar-refractivity contribution is 7.00. The Hall–Kier alpha value is -1.12. The zero-order valence-corrected chi connectivity index (χ0v) is 10.5. The molecule has 1 aromatic carbocycles. The molecule has 0 aliphatic carbocycles. The SMILES string of the molecule is O=C(Nc1c(Cl)cc(Cl)c2nsnc12)C(F)(F)F. The van der Waals surface area contributed by atoms with Crippen LogP contribution in [0, 0.1) is 0 Å². The molecular formula is C8H2Cl2F3N3OS. The number of fused-ring (bicyclic) bond motifs is 1. The van der Waals surface area contributed by atoms with Gasteiger partial charge >= 0.3 is 12.1 Å². The van der Waals surface area contributed by atoms with Crippen molar-refractivity contribution in [3.05, 3.63) is 16.1 Å². The number of nitrogens with one attached hydrogen (secondary N) is 1. The maximum atomic E-state index is 12.2. The Morgan fingerprint density at radius 1 is 1.22 bits per heavy atom. The van der Waals surface area contributed by atoms with E-state index in [1.165, 1.54) is 6.07 Å². The predicted molar refractivity (Wildman–Crippen MR) is 62.1 cm³/mol. The van der Waals surface area contributed by atoms with Gasteiger partial charge < -0.3 is 5.32 Å². The molecule has 0 radical (unpaired) electrons. The van der Waals surface area contributed by atoms with Crippen LogP contribution in [0.3, 0.4) is 0 Å². The molecule has 0 saturated heterocycles. The summed E-state index contributed by atoms with van der Waals surface area (Å²) in [5.74, 6) is -2.14. The fraction of sp³-hybridized carbons (Fsp3) is 0.125. The molecule has 0 aliphatic rings. The highest BCUT2D eigenvalue weighted by atomic mass is 35.5. The van der Waals surface area contributed by atoms with Crippen molar-refractivity contribution in [1.82, 2.24) is 8.75 Å². The van der Waals surface area contributed by atoms with E-state index >= 15 is 0 Å². The smallest absolute Gasteiger partial charge is 0.315 e. The molecule has 0 spiro atoms. The Bertz CT molecular complexity index is 628. The first kappa shape index (κ1) is 13.3. The molecule has 0 bridgehead atoms. The molecule has 0 atom stereocenters. The van der Waals surface area contributed by atoms with E-state index in [1.54, 1.807) is 5.32 Å². The Balaban J connectivity index is 2.51. The van der Waals surface area contributed by atoms with Crippen molar-refractivity contribution in [3.63, 3.8) is 0 Å². The lowest BCUT2D eigenvalue weighted by Crippen LogP contribution is -2.30. The van der Waals surface area contributed by atoms with Gasteiger partial charge in [0.25, 0.3) is 0 Å². The molecule has 4 nitrogen and oxygen atoms in total. The van der Waals surface area contributed by atoms with Gasteiger partial charge in [-0.15, -0.1) is 0 Å². The molecule has 10 heteroatoms. The highest BCUT2D eigenvalue weighted by Crippen LogP contribution is 2.35. The third-order valence-electron chi connectivity index (χ3n) is 1.94. The van der Waals surface area contributed by atoms with Crippen molar-refractivity contribution >= 4 is 57.6 Å². The second-order valence-electron chi connectivity index (χ2n) is 3.13. The number of amides is 1. The molecule has 0 saturated carbocycles. The molecule has 1 amide bonds. The van der Waals surface area contributed by atoms with Crippen molar-refractivity contribution in [3.8, 4) is 0 Å². The molecule has 1 heterocycles. The first-order valence-electron chi connectivity index (χ1n) is 4.29. The fourth-order valence-corrected chi connectivity index (χ4v) is 2.34. The number of hydrogen-bond acceptors (Lipinski definition) is 4. The molecule has 2 rings (SSSR count). The van der Waals surface area contributed by atoms with Crippen LogP contribution >= 0.6 is 34.9 Å². The van der Waals surface area contributed by atoms with Crippen LogP contribution in [-0.4, -0.2) is 20.8 Å². The molecule has 2 aromatic rings. The van der Waals surface area contributed by atoms with E-state index in [4.69, 9.17) is 23.2 Å². The van der Waals surface area contributed by atoms with Gasteiger partial charge in [-0.25, -0.2) is 0 Å². The summed E-state index contributed by atoms with van der Waals surface area (Å²) < 4.78 is 44.0. The van der Waals surface area contributed by atoms with Gasteiger partial charge in [-0.1, -0.05) is 23.2 Å². The van der Waals surface area contributed by atoms with Crippen LogP contribution in [0.2, 0.25) is 10.0 Å². The van der Waals surface area contributed by atoms with Crippen molar-refractivity contribution in [1.29, 1.82) is 0 Å². The molecule has 96 valence electrons. The molecule has 18 heavy (non-hydrogen) atoms. The number of anilines is 1. The summed E-state index contributed by atoms with van der Waals surface area (Å²) >= 11 is 12.3. The lowest BCUT2D eigenvalue weighted by atomic mass is 10.2. The average molecular weight is 316 g/mol. The number of rotatable bonds is 1. The Morgan fingerprint density at radius 2 is 1.83 bits per heavy atom. The molecule has 1 N–H and O–H groups in total. The Morgan fingerprint density at radius 3 is 2.44 bits per heavy atom. The monoisotopic (exact) mass is 315 g/mol. The molecule has 0 aliphatic heterocycles. The minimum Gasteiger partial charge on any atom is -0.315 e. The number of carbonyl (C=O) groups is 1. The van der Waals surface area contributed by atoms with Crippen LogP contribution in [0.5, 0.6) is 0 Å². The highest BCUT2D eigenvalue weighted by Gasteiger charge is 2.39. The molecule has 1 aromatic heterocycles. The normalized spacial score (nSPS) is 11.8. The van der Waals surface area contributed by atoms with Crippen molar-refractivity contribution < 1.29 is 18.0 Å². The topological polar surface area (TPSA) is 54.9 Å². The van der Waals surface area contributed by atoms with E-state index in [0.717, 1.165) is 11.7 Å². The second-order valence-corrected chi connectivity index (χ2v) is 4.47. The maximum Gasteiger partial charge on any atom is 0.471 e. The lowest BCUT2D eigenvalue weighted by Gasteiger charge is -2.10. The number of benzene rings is 1. The number of nitrogens with zero attached hydrogens (tertiary/aromatic N) is 2. The molecule has 0 fully saturated rings. The Labute approximate surface area is 112 Å². The number of carbonyl (C=O) groups excluding carboxylic acids is 1. The fourth-order valence-electron chi connectivity index (χ4n) is 1.18. The van der Waals surface area contributed by atoms with Crippen LogP contribution in [0.4, 0.5) is 18.9 Å². The van der Waals surface area contributed by atoms with Crippen molar-refractivity contribution in [2.75, 3.05) is 5.32 Å². The van der Waals surface area contributed by atoms with Gasteiger partial charge in [0.15, 0.2) is 0 Å². The lowest BCUT2D eigenvalue weighted by molar-refractivity contribution is -0.167. The van der Waals surface area contributed by atoms with Crippen LogP contribution < -0.4 is 5.32 Å². The number of hydrogen-bond donors (Lipinski definition) is 1. The van der Waals surface area contributed by atoms with Crippen molar-refractivity contribution in [2.24, 2.45) is 0 Å². The van der Waals surface area contributed by atoms with Gasteiger partial charge in [0.05, 0.1) is 27.5 Å². The van der Waals surface area contributed by atoms with Gasteiger partial charge in [-0.2, -0.15) is 21.9 Å². The van der Waals surface area contributed by atoms with Gasteiger partial charge in [0.1, 0.15) is 11.0 Å². The minimum atomic E-state index is -5.02. The van der Waals surface area contributed by atoms with Crippen LogP contribution in [0.25, 0.3) is 11.0 Å². The third kappa shape index (κ3) is 2.36. The minimum absolute atomic E-state index is 0.0232. The molecular weight excluding hydrogens is 314 g/mol. The summed E-state index contributed by atoms with van der Waals surface area (Å²) in [6.07, 6.45) is -5.02. The van der Waals surface area contributed by atoms with E-state index in [9.17, 15) is 18.0 Å². The van der Waals surface area contributed by atoms with Gasteiger partial charge in [-0.3, -0.25) is 4.79 Å². The zero-order chi connectivity index (χ0) is 13.5. The van der Waals surface area contributed by atoms with E-state index in [0.29, 0.717) is 0 Å². The van der Waals surface area contributed by atoms with Gasteiger partial charge in [0.2, 0.25) is 0 Å². The summed E-state index contributed by atoms with van der Waals surface area (Å²) in [4.78, 5) is 10.9. The number of aromatic nitrogens is 2. The summed E-state index contributed by atoms with van der Waals surface area (Å²) in [6, 6.07) is 1.19. The van der Waals surface area contributed by atoms with E-state index in [1.807, 2.05) is 0 Å². The van der Waals surface area contributed by atoms with Crippen LogP contribution in [-0.2, 0) is 4.79 Å². The van der Waals surface area contributed by atoms with Gasteiger partial charge in [0, 0.05) is 0 Å². The van der Waals surface area contributed by atoms with E-state index in [-0.39, 0.29) is 26.8 Å². The first-order valence-corrected chi connectivity index (χ1v) is 5.77. The van der Waals surface area contributed by atoms with E-state index < -0.39 is 12.1 Å². The average Bonchev–Trinajstić information content (AvgIpc) is 2.71. The van der Waals surface area contributed by atoms with Gasteiger partial charge in [-0.05, 0) is 6.07 Å². The second kappa shape index (κ2) is 4.52. The quantitative estimate of drug-likeness (QED) is 0.876. The standard InChI is InChI=1S/C8H2Cl2F3N3OS/c9-2-1-3(10)5-6(16-18-15-5)4(2)14-7(17)8(11,12)13/h1H,(H,14,17). The van der Waals surface area contributed by atoms with Crippen molar-refractivity contribution in [2.45, 2.75) is 6.18 Å². The number of halogens is 5. The predicted octanol–water partition coefficient (Wildman–Crippen LogP) is 3.50. The van der Waals surface area contributed by atoms with E-state index in [2.05, 4.69) is 8.75 Å². The van der Waals surface area contributed by atoms with Crippen LogP contribution in [0.15, 0.2) is 6.07 Å². The summed E-state index contributed by atoms with van der Waals surface area (Å²) in [5.41, 5.74) is -0.0502. The summed E-state index contributed by atoms with van der Waals surface area (Å²) in [7, 11) is 0. The zero-order valence-electron chi connectivity index (χ0n) is 8.18.